The van der Waals surface area contributed by atoms with E-state index in [4.69, 9.17) is 5.73 Å². The van der Waals surface area contributed by atoms with Crippen LogP contribution < -0.4 is 10.5 Å². The topological polar surface area (TPSA) is 65.2 Å². The van der Waals surface area contributed by atoms with Crippen LogP contribution in [-0.4, -0.2) is 18.0 Å². The third-order valence-electron chi connectivity index (χ3n) is 1.67. The maximum Gasteiger partial charge on any atom is 0.284 e. The molecule has 1 heterocycles. The predicted molar refractivity (Wildman–Crippen MR) is 44.2 cm³/mol. The van der Waals surface area contributed by atoms with Crippen molar-refractivity contribution in [1.29, 1.82) is 0 Å². The van der Waals surface area contributed by atoms with Crippen molar-refractivity contribution in [3.8, 4) is 5.75 Å². The number of nitrogens with two attached hydrogens (primary N) is 1. The van der Waals surface area contributed by atoms with E-state index in [1.54, 1.807) is 0 Å². The lowest BCUT2D eigenvalue weighted by Crippen LogP contribution is -2.16. The zero-order valence-electron chi connectivity index (χ0n) is 7.63. The first-order chi connectivity index (χ1) is 6.99. The Kier molecular flexibility index (Phi) is 3.13. The summed E-state index contributed by atoms with van der Waals surface area (Å²) in [5.74, 6) is -2.91. The van der Waals surface area contributed by atoms with Gasteiger partial charge in [0, 0.05) is 0 Å². The largest absolute Gasteiger partial charge is 0.494 e. The number of nitrogens with zero attached hydrogens (tertiary/aromatic N) is 1. The molecule has 15 heavy (non-hydrogen) atoms. The van der Waals surface area contributed by atoms with Gasteiger partial charge in [-0.3, -0.25) is 4.79 Å². The summed E-state index contributed by atoms with van der Waals surface area (Å²) < 4.78 is 42.3. The number of carbonyl (C=O) groups excluding carboxylic acids is 1. The van der Waals surface area contributed by atoms with E-state index >= 15 is 0 Å². The van der Waals surface area contributed by atoms with Crippen LogP contribution in [0.3, 0.4) is 0 Å². The number of ether oxygens (including phenoxy) is 1. The Morgan fingerprint density at radius 1 is 1.60 bits per heavy atom. The average molecular weight is 220 g/mol. The molecule has 1 aromatic heterocycles. The summed E-state index contributed by atoms with van der Waals surface area (Å²) in [5, 5.41) is 0. The lowest BCUT2D eigenvalue weighted by Gasteiger charge is -2.10. The average Bonchev–Trinajstić information content (AvgIpc) is 2.15. The monoisotopic (exact) mass is 220 g/mol. The van der Waals surface area contributed by atoms with Crippen molar-refractivity contribution in [2.24, 2.45) is 5.73 Å². The minimum Gasteiger partial charge on any atom is -0.494 e. The normalized spacial score (nSPS) is 10.5. The van der Waals surface area contributed by atoms with Crippen molar-refractivity contribution in [2.45, 2.75) is 6.43 Å². The van der Waals surface area contributed by atoms with E-state index in [1.165, 1.54) is 0 Å². The zero-order valence-corrected chi connectivity index (χ0v) is 7.63. The SMILES string of the molecule is COc1c(C(F)F)ncc(F)c1C(N)=O. The van der Waals surface area contributed by atoms with Gasteiger partial charge in [-0.25, -0.2) is 18.2 Å². The van der Waals surface area contributed by atoms with Gasteiger partial charge in [-0.1, -0.05) is 0 Å². The fourth-order valence-corrected chi connectivity index (χ4v) is 1.08. The van der Waals surface area contributed by atoms with E-state index in [-0.39, 0.29) is 0 Å². The second-order valence-corrected chi connectivity index (χ2v) is 2.56. The summed E-state index contributed by atoms with van der Waals surface area (Å²) in [5.41, 5.74) is 3.30. The molecule has 0 atom stereocenters. The standard InChI is InChI=1S/C8H7F3N2O2/c1-15-6-4(8(12)14)3(9)2-13-5(6)7(10)11/h2,7H,1H3,(H2,12,14). The van der Waals surface area contributed by atoms with E-state index in [0.717, 1.165) is 7.11 Å². The molecule has 82 valence electrons. The Morgan fingerprint density at radius 2 is 2.20 bits per heavy atom. The van der Waals surface area contributed by atoms with Gasteiger partial charge >= 0.3 is 0 Å². The summed E-state index contributed by atoms with van der Waals surface area (Å²) in [4.78, 5) is 13.9. The van der Waals surface area contributed by atoms with Gasteiger partial charge in [-0.15, -0.1) is 0 Å². The molecule has 4 nitrogen and oxygen atoms in total. The molecule has 0 spiro atoms. The minimum absolute atomic E-state index is 0.504. The Labute approximate surface area is 82.9 Å². The molecule has 7 heteroatoms. The van der Waals surface area contributed by atoms with Crippen molar-refractivity contribution in [3.63, 3.8) is 0 Å². The van der Waals surface area contributed by atoms with Crippen LogP contribution in [0.5, 0.6) is 5.75 Å². The van der Waals surface area contributed by atoms with Gasteiger partial charge in [0.15, 0.2) is 11.6 Å². The first-order valence-electron chi connectivity index (χ1n) is 3.79. The van der Waals surface area contributed by atoms with Crippen molar-refractivity contribution in [2.75, 3.05) is 7.11 Å². The first kappa shape index (κ1) is 11.3. The Morgan fingerprint density at radius 3 is 2.60 bits per heavy atom. The van der Waals surface area contributed by atoms with Gasteiger partial charge in [-0.2, -0.15) is 0 Å². The lowest BCUT2D eigenvalue weighted by atomic mass is 10.2. The molecule has 1 rings (SSSR count). The Hall–Kier alpha value is -1.79. The van der Waals surface area contributed by atoms with Crippen LogP contribution in [0.2, 0.25) is 0 Å². The number of alkyl halides is 2. The molecule has 0 bridgehead atoms. The molecule has 0 saturated carbocycles. The first-order valence-corrected chi connectivity index (χ1v) is 3.79. The maximum absolute atomic E-state index is 13.0. The van der Waals surface area contributed by atoms with Crippen molar-refractivity contribution < 1.29 is 22.7 Å². The summed E-state index contributed by atoms with van der Waals surface area (Å²) in [6, 6.07) is 0. The second-order valence-electron chi connectivity index (χ2n) is 2.56. The molecule has 0 aliphatic carbocycles. The van der Waals surface area contributed by atoms with E-state index < -0.39 is 35.2 Å². The molecule has 0 aromatic carbocycles. The lowest BCUT2D eigenvalue weighted by molar-refractivity contribution is 0.0990. The van der Waals surface area contributed by atoms with Crippen molar-refractivity contribution in [1.82, 2.24) is 4.98 Å². The number of hydrogen-bond acceptors (Lipinski definition) is 3. The molecule has 1 aromatic rings. The van der Waals surface area contributed by atoms with Crippen LogP contribution in [0.4, 0.5) is 13.2 Å². The van der Waals surface area contributed by atoms with Crippen LogP contribution in [0.25, 0.3) is 0 Å². The highest BCUT2D eigenvalue weighted by Crippen LogP contribution is 2.31. The van der Waals surface area contributed by atoms with Gasteiger partial charge in [-0.05, 0) is 0 Å². The Balaban J connectivity index is 3.47. The van der Waals surface area contributed by atoms with Crippen LogP contribution in [-0.2, 0) is 0 Å². The number of pyridine rings is 1. The summed E-state index contributed by atoms with van der Waals surface area (Å²) >= 11 is 0. The predicted octanol–water partition coefficient (Wildman–Crippen LogP) is 1.27. The third-order valence-corrected chi connectivity index (χ3v) is 1.67. The fraction of sp³-hybridized carbons (Fsp3) is 0.250. The fourth-order valence-electron chi connectivity index (χ4n) is 1.08. The third kappa shape index (κ3) is 2.00. The van der Waals surface area contributed by atoms with Gasteiger partial charge < -0.3 is 10.5 Å². The van der Waals surface area contributed by atoms with Gasteiger partial charge in [0.2, 0.25) is 0 Å². The summed E-state index contributed by atoms with van der Waals surface area (Å²) in [7, 11) is 1.02. The highest BCUT2D eigenvalue weighted by molar-refractivity contribution is 5.96. The number of hydrogen-bond donors (Lipinski definition) is 1. The molecule has 0 radical (unpaired) electrons. The number of halogens is 3. The van der Waals surface area contributed by atoms with Crippen LogP contribution in [0, 0.1) is 5.82 Å². The molecule has 2 N–H and O–H groups in total. The highest BCUT2D eigenvalue weighted by Gasteiger charge is 2.24. The number of primary amides is 1. The molecule has 1 amide bonds. The zero-order chi connectivity index (χ0) is 11.6. The number of aromatic nitrogens is 1. The van der Waals surface area contributed by atoms with Crippen LogP contribution >= 0.6 is 0 Å². The number of methoxy groups -OCH3 is 1. The molecule has 0 unspecified atom stereocenters. The number of carbonyl (C=O) groups is 1. The Bertz CT molecular complexity index is 396. The number of amides is 1. The van der Waals surface area contributed by atoms with Crippen LogP contribution in [0.15, 0.2) is 6.20 Å². The summed E-state index contributed by atoms with van der Waals surface area (Å²) in [6.45, 7) is 0. The van der Waals surface area contributed by atoms with Gasteiger partial charge in [0.1, 0.15) is 11.3 Å². The molecule has 0 saturated heterocycles. The maximum atomic E-state index is 13.0. The number of rotatable bonds is 3. The minimum atomic E-state index is -2.97. The van der Waals surface area contributed by atoms with E-state index in [0.29, 0.717) is 6.20 Å². The molecule has 0 aliphatic heterocycles. The van der Waals surface area contributed by atoms with E-state index in [1.807, 2.05) is 0 Å². The van der Waals surface area contributed by atoms with Crippen molar-refractivity contribution in [3.05, 3.63) is 23.3 Å². The van der Waals surface area contributed by atoms with Crippen LogP contribution in [0.1, 0.15) is 22.5 Å². The molecule has 0 aliphatic rings. The summed E-state index contributed by atoms with van der Waals surface area (Å²) in [6.07, 6.45) is -2.47. The second kappa shape index (κ2) is 4.16. The quantitative estimate of drug-likeness (QED) is 0.834. The smallest absolute Gasteiger partial charge is 0.284 e. The highest BCUT2D eigenvalue weighted by atomic mass is 19.3. The van der Waals surface area contributed by atoms with Gasteiger partial charge in [0.25, 0.3) is 12.3 Å². The van der Waals surface area contributed by atoms with Crippen molar-refractivity contribution >= 4 is 5.91 Å². The molecular formula is C8H7F3N2O2. The molecular weight excluding hydrogens is 213 g/mol. The molecule has 0 fully saturated rings. The van der Waals surface area contributed by atoms with E-state index in [9.17, 15) is 18.0 Å². The van der Waals surface area contributed by atoms with E-state index in [2.05, 4.69) is 9.72 Å². The van der Waals surface area contributed by atoms with Gasteiger partial charge in [0.05, 0.1) is 13.3 Å².